The van der Waals surface area contributed by atoms with Gasteiger partial charge in [0.1, 0.15) is 0 Å². The second-order valence-corrected chi connectivity index (χ2v) is 12.9. The van der Waals surface area contributed by atoms with Crippen molar-refractivity contribution in [2.45, 2.75) is 71.5 Å². The summed E-state index contributed by atoms with van der Waals surface area (Å²) in [5.41, 5.74) is 2.68. The van der Waals surface area contributed by atoms with Crippen LogP contribution in [-0.4, -0.2) is 54.4 Å². The lowest BCUT2D eigenvalue weighted by molar-refractivity contribution is 0.0612. The van der Waals surface area contributed by atoms with Gasteiger partial charge in [-0.25, -0.2) is 4.79 Å². The zero-order valence-corrected chi connectivity index (χ0v) is 24.5. The summed E-state index contributed by atoms with van der Waals surface area (Å²) in [6.07, 6.45) is 4.22. The second kappa shape index (κ2) is 10.7. The number of H-pyrrole nitrogens is 1. The third-order valence-corrected chi connectivity index (χ3v) is 9.13. The summed E-state index contributed by atoms with van der Waals surface area (Å²) in [5, 5.41) is 15.9. The van der Waals surface area contributed by atoms with Crippen LogP contribution in [0.2, 0.25) is 0 Å². The predicted octanol–water partition coefficient (Wildman–Crippen LogP) is 6.19. The van der Waals surface area contributed by atoms with Gasteiger partial charge in [0.15, 0.2) is 0 Å². The van der Waals surface area contributed by atoms with Gasteiger partial charge in [-0.05, 0) is 84.5 Å². The van der Waals surface area contributed by atoms with Crippen LogP contribution in [0.15, 0.2) is 53.0 Å². The number of benzene rings is 2. The van der Waals surface area contributed by atoms with E-state index in [0.29, 0.717) is 18.0 Å². The Balaban J connectivity index is 1.37. The molecule has 2 aromatic carbocycles. The minimum Gasteiger partial charge on any atom is -0.316 e. The number of carbonyl (C=O) groups is 2. The van der Waals surface area contributed by atoms with Gasteiger partial charge in [-0.2, -0.15) is 5.21 Å². The quantitative estimate of drug-likeness (QED) is 0.354. The molecule has 2 N–H and O–H groups in total. The van der Waals surface area contributed by atoms with Gasteiger partial charge < -0.3 is 9.80 Å². The topological polar surface area (TPSA) is 107 Å². The summed E-state index contributed by atoms with van der Waals surface area (Å²) in [4.78, 5) is 30.7. The standard InChI is InChI=1S/C29H36BrN7O2/c1-19(21-9-11-24(30)12-10-21)36-18-29(15-13-23(14-16-29)28(2,3)4)37(27(36)39)17-20-5-7-22(8-6-20)25(38)31-26-32-34-35-33-26/h5-12,19,23H,13-18H2,1-4H3,(H2,31,32,33,34,35,38). The van der Waals surface area contributed by atoms with Crippen LogP contribution in [0.3, 0.4) is 0 Å². The highest BCUT2D eigenvalue weighted by molar-refractivity contribution is 9.10. The molecule has 3 amide bonds. The van der Waals surface area contributed by atoms with E-state index in [2.05, 4.69) is 86.6 Å². The lowest BCUT2D eigenvalue weighted by atomic mass is 9.67. The van der Waals surface area contributed by atoms with Crippen molar-refractivity contribution in [3.8, 4) is 0 Å². The normalized spacial score (nSPS) is 22.4. The SMILES string of the molecule is CC(c1ccc(Br)cc1)N1CC2(CCC(C(C)(C)C)CC2)N(Cc2ccc(C(=O)Nc3nn[nH]n3)cc2)C1=O. The van der Waals surface area contributed by atoms with Crippen molar-refractivity contribution < 1.29 is 9.59 Å². The molecule has 2 aliphatic rings. The number of halogens is 1. The minimum atomic E-state index is -0.313. The number of aromatic nitrogens is 4. The lowest BCUT2D eigenvalue weighted by Crippen LogP contribution is -2.50. The number of nitrogens with zero attached hydrogens (tertiary/aromatic N) is 5. The fraction of sp³-hybridized carbons (Fsp3) is 0.483. The summed E-state index contributed by atoms with van der Waals surface area (Å²) in [6, 6.07) is 15.7. The number of hydrogen-bond donors (Lipinski definition) is 2. The molecule has 1 atom stereocenters. The van der Waals surface area contributed by atoms with Gasteiger partial charge in [-0.15, -0.1) is 5.10 Å². The van der Waals surface area contributed by atoms with Crippen molar-refractivity contribution in [3.05, 3.63) is 69.7 Å². The highest BCUT2D eigenvalue weighted by Crippen LogP contribution is 2.48. The summed E-state index contributed by atoms with van der Waals surface area (Å²) in [7, 11) is 0. The number of nitrogens with one attached hydrogen (secondary N) is 2. The zero-order valence-electron chi connectivity index (χ0n) is 22.9. The molecule has 1 aliphatic carbocycles. The van der Waals surface area contributed by atoms with Crippen molar-refractivity contribution in [2.75, 3.05) is 11.9 Å². The van der Waals surface area contributed by atoms with E-state index in [1.807, 2.05) is 29.2 Å². The molecule has 2 fully saturated rings. The van der Waals surface area contributed by atoms with Crippen LogP contribution in [0.5, 0.6) is 0 Å². The maximum Gasteiger partial charge on any atom is 0.321 e. The number of aromatic amines is 1. The minimum absolute atomic E-state index is 0.0240. The highest BCUT2D eigenvalue weighted by Gasteiger charge is 2.52. The van der Waals surface area contributed by atoms with E-state index in [1.54, 1.807) is 12.1 Å². The average Bonchev–Trinajstić information content (AvgIpc) is 3.51. The molecule has 9 nitrogen and oxygen atoms in total. The van der Waals surface area contributed by atoms with E-state index in [0.717, 1.165) is 47.8 Å². The number of carbonyl (C=O) groups excluding carboxylic acids is 2. The molecule has 0 bridgehead atoms. The third kappa shape index (κ3) is 5.71. The molecule has 1 saturated heterocycles. The molecule has 0 radical (unpaired) electrons. The van der Waals surface area contributed by atoms with Crippen molar-refractivity contribution >= 4 is 33.8 Å². The highest BCUT2D eigenvalue weighted by atomic mass is 79.9. The van der Waals surface area contributed by atoms with Gasteiger partial charge in [0.25, 0.3) is 11.9 Å². The Morgan fingerprint density at radius 1 is 1.13 bits per heavy atom. The van der Waals surface area contributed by atoms with E-state index in [9.17, 15) is 9.59 Å². The van der Waals surface area contributed by atoms with Gasteiger partial charge in [-0.1, -0.05) is 66.1 Å². The van der Waals surface area contributed by atoms with Crippen molar-refractivity contribution in [1.29, 1.82) is 0 Å². The summed E-state index contributed by atoms with van der Waals surface area (Å²) < 4.78 is 1.03. The molecule has 39 heavy (non-hydrogen) atoms. The molecular formula is C29H36BrN7O2. The van der Waals surface area contributed by atoms with E-state index in [1.165, 1.54) is 0 Å². The van der Waals surface area contributed by atoms with E-state index < -0.39 is 0 Å². The summed E-state index contributed by atoms with van der Waals surface area (Å²) >= 11 is 3.52. The first-order valence-electron chi connectivity index (χ1n) is 13.5. The molecule has 1 unspecified atom stereocenters. The predicted molar refractivity (Wildman–Crippen MR) is 153 cm³/mol. The molecule has 206 valence electrons. The fourth-order valence-corrected chi connectivity index (χ4v) is 6.33. The Morgan fingerprint density at radius 3 is 2.38 bits per heavy atom. The van der Waals surface area contributed by atoms with Crippen molar-refractivity contribution in [3.63, 3.8) is 0 Å². The number of amides is 3. The molecule has 5 rings (SSSR count). The van der Waals surface area contributed by atoms with Crippen LogP contribution < -0.4 is 5.32 Å². The maximum atomic E-state index is 14.1. The number of anilines is 1. The number of rotatable bonds is 6. The zero-order chi connectivity index (χ0) is 27.8. The molecule has 1 saturated carbocycles. The third-order valence-electron chi connectivity index (χ3n) is 8.60. The van der Waals surface area contributed by atoms with Gasteiger partial charge >= 0.3 is 6.03 Å². The lowest BCUT2D eigenvalue weighted by Gasteiger charge is -2.45. The van der Waals surface area contributed by atoms with Crippen LogP contribution in [0.1, 0.15) is 80.9 Å². The Bertz CT molecular complexity index is 1290. The van der Waals surface area contributed by atoms with Gasteiger partial charge in [0.2, 0.25) is 0 Å². The van der Waals surface area contributed by atoms with Crippen LogP contribution in [0, 0.1) is 11.3 Å². The largest absolute Gasteiger partial charge is 0.321 e. The molecule has 2 heterocycles. The Kier molecular flexibility index (Phi) is 7.50. The molecule has 1 aliphatic heterocycles. The van der Waals surface area contributed by atoms with Gasteiger partial charge in [0, 0.05) is 23.1 Å². The average molecular weight is 595 g/mol. The van der Waals surface area contributed by atoms with Crippen LogP contribution >= 0.6 is 15.9 Å². The van der Waals surface area contributed by atoms with Crippen molar-refractivity contribution in [1.82, 2.24) is 30.4 Å². The Morgan fingerprint density at radius 2 is 1.79 bits per heavy atom. The Labute approximate surface area is 237 Å². The molecular weight excluding hydrogens is 558 g/mol. The monoisotopic (exact) mass is 593 g/mol. The maximum absolute atomic E-state index is 14.1. The number of tetrazole rings is 1. The van der Waals surface area contributed by atoms with E-state index in [4.69, 9.17) is 0 Å². The first-order chi connectivity index (χ1) is 18.6. The van der Waals surface area contributed by atoms with Gasteiger partial charge in [-0.3, -0.25) is 10.1 Å². The molecule has 1 aromatic heterocycles. The Hall–Kier alpha value is -3.27. The first kappa shape index (κ1) is 27.3. The summed E-state index contributed by atoms with van der Waals surface area (Å²) in [5.74, 6) is 0.459. The van der Waals surface area contributed by atoms with Crippen LogP contribution in [-0.2, 0) is 6.54 Å². The molecule has 3 aromatic rings. The molecule has 10 heteroatoms. The van der Waals surface area contributed by atoms with Gasteiger partial charge in [0.05, 0.1) is 11.6 Å². The number of urea groups is 1. The fourth-order valence-electron chi connectivity index (χ4n) is 6.07. The summed E-state index contributed by atoms with van der Waals surface area (Å²) in [6.45, 7) is 10.3. The van der Waals surface area contributed by atoms with Crippen LogP contribution in [0.25, 0.3) is 0 Å². The van der Waals surface area contributed by atoms with Crippen molar-refractivity contribution in [2.24, 2.45) is 11.3 Å². The second-order valence-electron chi connectivity index (χ2n) is 12.0. The molecule has 1 spiro atoms. The van der Waals surface area contributed by atoms with E-state index in [-0.39, 0.29) is 34.9 Å². The smallest absolute Gasteiger partial charge is 0.316 e. The van der Waals surface area contributed by atoms with Crippen LogP contribution in [0.4, 0.5) is 10.7 Å². The number of hydrogen-bond acceptors (Lipinski definition) is 5. The van der Waals surface area contributed by atoms with E-state index >= 15 is 0 Å². The first-order valence-corrected chi connectivity index (χ1v) is 14.3.